The monoisotopic (exact) mass is 252 g/mol. The Morgan fingerprint density at radius 2 is 1.89 bits per heavy atom. The average Bonchev–Trinajstić information content (AvgIpc) is 2.33. The maximum Gasteiger partial charge on any atom is 0.316 e. The number of ether oxygens (including phenoxy) is 1. The third-order valence-corrected chi connectivity index (χ3v) is 3.61. The van der Waals surface area contributed by atoms with Gasteiger partial charge in [-0.3, -0.25) is 4.79 Å². The smallest absolute Gasteiger partial charge is 0.316 e. The maximum atomic E-state index is 11.4. The van der Waals surface area contributed by atoms with Crippen LogP contribution in [-0.2, 0) is 10.2 Å². The third-order valence-electron chi connectivity index (χ3n) is 3.61. The van der Waals surface area contributed by atoms with E-state index in [0.717, 1.165) is 22.4 Å². The van der Waals surface area contributed by atoms with Gasteiger partial charge in [0, 0.05) is 0 Å². The molecule has 4 nitrogen and oxygen atoms in total. The van der Waals surface area contributed by atoms with Crippen LogP contribution in [0.5, 0.6) is 5.75 Å². The van der Waals surface area contributed by atoms with Gasteiger partial charge < -0.3 is 14.9 Å². The van der Waals surface area contributed by atoms with Crippen molar-refractivity contribution in [3.63, 3.8) is 0 Å². The minimum atomic E-state index is -1.29. The van der Waals surface area contributed by atoms with Gasteiger partial charge in [0.1, 0.15) is 11.2 Å². The Morgan fingerprint density at radius 1 is 1.33 bits per heavy atom. The van der Waals surface area contributed by atoms with E-state index < -0.39 is 18.0 Å². The zero-order valence-corrected chi connectivity index (χ0v) is 11.5. The summed E-state index contributed by atoms with van der Waals surface area (Å²) in [6.45, 7) is 6.71. The van der Waals surface area contributed by atoms with Crippen LogP contribution < -0.4 is 4.74 Å². The second-order valence-corrected chi connectivity index (χ2v) is 4.82. The van der Waals surface area contributed by atoms with Crippen molar-refractivity contribution in [2.75, 3.05) is 13.7 Å². The molecule has 1 rings (SSSR count). The highest BCUT2D eigenvalue weighted by molar-refractivity contribution is 5.82. The molecule has 2 N–H and O–H groups in total. The summed E-state index contributed by atoms with van der Waals surface area (Å²) in [5.74, 6) is -0.265. The highest BCUT2D eigenvalue weighted by Gasteiger charge is 2.36. The second kappa shape index (κ2) is 4.98. The summed E-state index contributed by atoms with van der Waals surface area (Å²) in [5, 5.41) is 18.8. The summed E-state index contributed by atoms with van der Waals surface area (Å²) in [6, 6.07) is 1.78. The van der Waals surface area contributed by atoms with Gasteiger partial charge in [-0.05, 0) is 49.9 Å². The second-order valence-electron chi connectivity index (χ2n) is 4.82. The highest BCUT2D eigenvalue weighted by atomic mass is 16.5. The van der Waals surface area contributed by atoms with Gasteiger partial charge in [0.15, 0.2) is 0 Å². The number of hydrogen-bond acceptors (Lipinski definition) is 3. The highest BCUT2D eigenvalue weighted by Crippen LogP contribution is 2.35. The summed E-state index contributed by atoms with van der Waals surface area (Å²) in [7, 11) is 1.59. The van der Waals surface area contributed by atoms with E-state index in [0.29, 0.717) is 5.56 Å². The number of hydrogen-bond donors (Lipinski definition) is 2. The number of aliphatic carboxylic acids is 1. The normalized spacial score (nSPS) is 14.1. The summed E-state index contributed by atoms with van der Waals surface area (Å²) < 4.78 is 5.31. The van der Waals surface area contributed by atoms with E-state index in [1.54, 1.807) is 13.2 Å². The lowest BCUT2D eigenvalue weighted by Crippen LogP contribution is -2.37. The number of methoxy groups -OCH3 is 1. The summed E-state index contributed by atoms with van der Waals surface area (Å²) in [6.07, 6.45) is 0. The molecule has 1 aromatic carbocycles. The molecule has 1 unspecified atom stereocenters. The Bertz CT molecular complexity index is 479. The Hall–Kier alpha value is -1.55. The summed E-state index contributed by atoms with van der Waals surface area (Å²) in [5.41, 5.74) is 1.97. The lowest BCUT2D eigenvalue weighted by molar-refractivity contribution is -0.144. The molecule has 100 valence electrons. The van der Waals surface area contributed by atoms with Crippen molar-refractivity contribution in [3.8, 4) is 5.75 Å². The standard InChI is InChI=1S/C14H20O4/c1-8-6-11(14(4,7-15)13(16)17)9(2)10(3)12(8)18-5/h6,15H,7H2,1-5H3,(H,16,17). The predicted octanol–water partition coefficient (Wildman–Crippen LogP) is 1.96. The molecular weight excluding hydrogens is 232 g/mol. The SMILES string of the molecule is COc1c(C)cc(C(C)(CO)C(=O)O)c(C)c1C. The van der Waals surface area contributed by atoms with E-state index in [9.17, 15) is 15.0 Å². The van der Waals surface area contributed by atoms with Crippen LogP contribution in [0.25, 0.3) is 0 Å². The molecule has 0 amide bonds. The first-order valence-electron chi connectivity index (χ1n) is 5.79. The van der Waals surface area contributed by atoms with Crippen LogP contribution in [0.2, 0.25) is 0 Å². The van der Waals surface area contributed by atoms with E-state index in [1.165, 1.54) is 6.92 Å². The molecule has 18 heavy (non-hydrogen) atoms. The van der Waals surface area contributed by atoms with Crippen molar-refractivity contribution < 1.29 is 19.7 Å². The molecule has 0 aliphatic rings. The van der Waals surface area contributed by atoms with Crippen LogP contribution in [-0.4, -0.2) is 29.9 Å². The van der Waals surface area contributed by atoms with E-state index in [4.69, 9.17) is 4.74 Å². The van der Waals surface area contributed by atoms with E-state index in [1.807, 2.05) is 20.8 Å². The van der Waals surface area contributed by atoms with Gasteiger partial charge >= 0.3 is 5.97 Å². The van der Waals surface area contributed by atoms with Gasteiger partial charge in [-0.15, -0.1) is 0 Å². The minimum Gasteiger partial charge on any atom is -0.496 e. The summed E-state index contributed by atoms with van der Waals surface area (Å²) in [4.78, 5) is 11.4. The van der Waals surface area contributed by atoms with Gasteiger partial charge in [0.05, 0.1) is 13.7 Å². The first-order valence-corrected chi connectivity index (χ1v) is 5.79. The first kappa shape index (κ1) is 14.5. The minimum absolute atomic E-state index is 0.436. The number of carbonyl (C=O) groups is 1. The molecule has 1 aromatic rings. The number of benzene rings is 1. The number of carboxylic acids is 1. The van der Waals surface area contributed by atoms with E-state index >= 15 is 0 Å². The average molecular weight is 252 g/mol. The first-order chi connectivity index (χ1) is 8.29. The van der Waals surface area contributed by atoms with Crippen LogP contribution in [0.1, 0.15) is 29.2 Å². The van der Waals surface area contributed by atoms with Crippen molar-refractivity contribution >= 4 is 5.97 Å². The van der Waals surface area contributed by atoms with Gasteiger partial charge in [-0.1, -0.05) is 6.07 Å². The fraction of sp³-hybridized carbons (Fsp3) is 0.500. The molecule has 0 bridgehead atoms. The molecule has 0 fully saturated rings. The fourth-order valence-corrected chi connectivity index (χ4v) is 2.21. The molecular formula is C14H20O4. The van der Waals surface area contributed by atoms with Crippen LogP contribution in [0.3, 0.4) is 0 Å². The van der Waals surface area contributed by atoms with E-state index in [-0.39, 0.29) is 0 Å². The molecule has 0 heterocycles. The Balaban J connectivity index is 3.57. The van der Waals surface area contributed by atoms with Crippen molar-refractivity contribution in [1.82, 2.24) is 0 Å². The molecule has 0 radical (unpaired) electrons. The van der Waals surface area contributed by atoms with Crippen molar-refractivity contribution in [3.05, 3.63) is 28.3 Å². The van der Waals surface area contributed by atoms with Gasteiger partial charge in [-0.25, -0.2) is 0 Å². The van der Waals surface area contributed by atoms with Gasteiger partial charge in [0.25, 0.3) is 0 Å². The Labute approximate surface area is 107 Å². The zero-order chi connectivity index (χ0) is 14.1. The fourth-order valence-electron chi connectivity index (χ4n) is 2.21. The lowest BCUT2D eigenvalue weighted by Gasteiger charge is -2.27. The predicted molar refractivity (Wildman–Crippen MR) is 69.3 cm³/mol. The van der Waals surface area contributed by atoms with E-state index in [2.05, 4.69) is 0 Å². The van der Waals surface area contributed by atoms with Crippen LogP contribution in [0.15, 0.2) is 6.07 Å². The Morgan fingerprint density at radius 3 is 2.28 bits per heavy atom. The molecule has 4 heteroatoms. The van der Waals surface area contributed by atoms with Crippen LogP contribution >= 0.6 is 0 Å². The molecule has 0 aromatic heterocycles. The van der Waals surface area contributed by atoms with Gasteiger partial charge in [0.2, 0.25) is 0 Å². The van der Waals surface area contributed by atoms with Crippen molar-refractivity contribution in [2.24, 2.45) is 0 Å². The maximum absolute atomic E-state index is 11.4. The topological polar surface area (TPSA) is 66.8 Å². The molecule has 1 atom stereocenters. The molecule has 0 saturated carbocycles. The molecule has 0 saturated heterocycles. The molecule has 0 aliphatic carbocycles. The summed E-state index contributed by atoms with van der Waals surface area (Å²) >= 11 is 0. The molecule has 0 aliphatic heterocycles. The van der Waals surface area contributed by atoms with Crippen LogP contribution in [0.4, 0.5) is 0 Å². The van der Waals surface area contributed by atoms with Gasteiger partial charge in [-0.2, -0.15) is 0 Å². The number of aliphatic hydroxyl groups is 1. The van der Waals surface area contributed by atoms with Crippen molar-refractivity contribution in [2.45, 2.75) is 33.1 Å². The molecule has 0 spiro atoms. The van der Waals surface area contributed by atoms with Crippen LogP contribution in [0, 0.1) is 20.8 Å². The largest absolute Gasteiger partial charge is 0.496 e. The Kier molecular flexibility index (Phi) is 4.02. The number of carboxylic acid groups (broad SMARTS) is 1. The lowest BCUT2D eigenvalue weighted by atomic mass is 9.78. The zero-order valence-electron chi connectivity index (χ0n) is 11.5. The number of aryl methyl sites for hydroxylation is 1. The quantitative estimate of drug-likeness (QED) is 0.859. The third kappa shape index (κ3) is 2.08. The van der Waals surface area contributed by atoms with Crippen molar-refractivity contribution in [1.29, 1.82) is 0 Å². The number of rotatable bonds is 4. The number of aliphatic hydroxyl groups excluding tert-OH is 1.